The zero-order valence-corrected chi connectivity index (χ0v) is 3.53. The minimum atomic E-state index is 0.417. The maximum atomic E-state index is 4.98. The quantitative estimate of drug-likeness (QED) is 0.510. The average molecular weight is 95.1 g/mol. The van der Waals surface area contributed by atoms with Gasteiger partial charge in [0, 0.05) is 0 Å². The Balaban J connectivity index is 2.96. The van der Waals surface area contributed by atoms with Gasteiger partial charge in [0.2, 0.25) is 6.39 Å². The van der Waals surface area contributed by atoms with Crippen molar-refractivity contribution in [2.45, 2.75) is 0 Å². The van der Waals surface area contributed by atoms with Gasteiger partial charge < -0.3 is 4.52 Å². The van der Waals surface area contributed by atoms with Gasteiger partial charge in [-0.05, 0) is 6.08 Å². The molecule has 0 N–H and O–H groups in total. The number of hydrogen-bond acceptors (Lipinski definition) is 3. The van der Waals surface area contributed by atoms with Crippen molar-refractivity contribution in [1.29, 1.82) is 0 Å². The molecule has 0 aliphatic heterocycles. The van der Waals surface area contributed by atoms with Crippen LogP contribution in [-0.4, -0.2) is 10.1 Å². The molecule has 0 unspecified atom stereocenters. The van der Waals surface area contributed by atoms with E-state index in [1.807, 2.05) is 0 Å². The first-order chi connectivity index (χ1) is 3.43. The number of aromatic nitrogens is 2. The molecular formula is C4H3N2O. The Labute approximate surface area is 40.7 Å². The topological polar surface area (TPSA) is 38.9 Å². The second kappa shape index (κ2) is 1.55. The minimum Gasteiger partial charge on any atom is -0.342 e. The molecule has 1 heterocycles. The summed E-state index contributed by atoms with van der Waals surface area (Å²) < 4.78 is 4.33. The first-order valence-corrected chi connectivity index (χ1v) is 1.75. The molecule has 1 aromatic heterocycles. The molecule has 1 aromatic rings. The molecule has 0 bridgehead atoms. The molecule has 0 aromatic carbocycles. The molecule has 0 fully saturated rings. The highest BCUT2D eigenvalue weighted by Crippen LogP contribution is 1.85. The molecule has 7 heavy (non-hydrogen) atoms. The first-order valence-electron chi connectivity index (χ1n) is 1.75. The average Bonchev–Trinajstić information content (AvgIpc) is 2.14. The third-order valence-corrected chi connectivity index (χ3v) is 0.527. The van der Waals surface area contributed by atoms with Crippen LogP contribution in [-0.2, 0) is 0 Å². The van der Waals surface area contributed by atoms with Gasteiger partial charge in [-0.25, -0.2) is 0 Å². The summed E-state index contributed by atoms with van der Waals surface area (Å²) in [7, 11) is 0. The molecule has 0 aliphatic rings. The van der Waals surface area contributed by atoms with Crippen LogP contribution < -0.4 is 0 Å². The second-order valence-corrected chi connectivity index (χ2v) is 0.956. The van der Waals surface area contributed by atoms with Crippen LogP contribution >= 0.6 is 0 Å². The molecule has 1 rings (SSSR count). The van der Waals surface area contributed by atoms with Crippen LogP contribution in [0.4, 0.5) is 0 Å². The van der Waals surface area contributed by atoms with Crippen molar-refractivity contribution in [2.75, 3.05) is 0 Å². The molecule has 0 atom stereocenters. The summed E-state index contributed by atoms with van der Waals surface area (Å²) in [5.41, 5.74) is 0. The minimum absolute atomic E-state index is 0.417. The molecule has 0 saturated carbocycles. The maximum Gasteiger partial charge on any atom is 0.214 e. The predicted octanol–water partition coefficient (Wildman–Crippen LogP) is 0.516. The summed E-state index contributed by atoms with van der Waals surface area (Å²) >= 11 is 0. The van der Waals surface area contributed by atoms with Crippen molar-refractivity contribution < 1.29 is 4.52 Å². The van der Waals surface area contributed by atoms with Crippen LogP contribution in [0.1, 0.15) is 5.82 Å². The van der Waals surface area contributed by atoms with Gasteiger partial charge >= 0.3 is 0 Å². The Hall–Kier alpha value is -1.12. The second-order valence-electron chi connectivity index (χ2n) is 0.956. The number of hydrogen-bond donors (Lipinski definition) is 0. The highest BCUT2D eigenvalue weighted by molar-refractivity contribution is 5.31. The summed E-state index contributed by atoms with van der Waals surface area (Å²) in [6, 6.07) is 0. The van der Waals surface area contributed by atoms with E-state index in [9.17, 15) is 0 Å². The van der Waals surface area contributed by atoms with Gasteiger partial charge in [0.05, 0.1) is 0 Å². The summed E-state index contributed by atoms with van der Waals surface area (Å²) in [5.74, 6) is 0.417. The van der Waals surface area contributed by atoms with Crippen molar-refractivity contribution in [2.24, 2.45) is 0 Å². The molecule has 0 aliphatic carbocycles. The highest BCUT2D eigenvalue weighted by atomic mass is 16.5. The zero-order chi connectivity index (χ0) is 5.11. The van der Waals surface area contributed by atoms with Crippen molar-refractivity contribution in [3.8, 4) is 0 Å². The molecule has 3 nitrogen and oxygen atoms in total. The third-order valence-electron chi connectivity index (χ3n) is 0.527. The van der Waals surface area contributed by atoms with Gasteiger partial charge in [-0.3, -0.25) is 0 Å². The zero-order valence-electron chi connectivity index (χ0n) is 3.53. The molecule has 0 amide bonds. The molecule has 1 radical (unpaired) electrons. The molecule has 3 heteroatoms. The predicted molar refractivity (Wildman–Crippen MR) is 23.1 cm³/mol. The van der Waals surface area contributed by atoms with E-state index in [2.05, 4.69) is 14.7 Å². The van der Waals surface area contributed by atoms with Gasteiger partial charge in [0.1, 0.15) is 0 Å². The third kappa shape index (κ3) is 0.652. The Morgan fingerprint density at radius 3 is 3.00 bits per heavy atom. The van der Waals surface area contributed by atoms with Crippen LogP contribution in [0.2, 0.25) is 0 Å². The van der Waals surface area contributed by atoms with Crippen molar-refractivity contribution in [3.63, 3.8) is 0 Å². The Bertz CT molecular complexity index is 145. The largest absolute Gasteiger partial charge is 0.342 e. The number of nitrogens with zero attached hydrogens (tertiary/aromatic N) is 2. The molecule has 0 spiro atoms. The van der Waals surface area contributed by atoms with Crippen LogP contribution in [0.25, 0.3) is 6.08 Å². The maximum absolute atomic E-state index is 4.98. The fraction of sp³-hybridized carbons (Fsp3) is 0. The lowest BCUT2D eigenvalue weighted by Crippen LogP contribution is -1.68. The monoisotopic (exact) mass is 95.0 g/mol. The Morgan fingerprint density at radius 2 is 2.71 bits per heavy atom. The lowest BCUT2D eigenvalue weighted by atomic mass is 10.6. The SMILES string of the molecule is [CH]=Cc1ncon1. The summed E-state index contributed by atoms with van der Waals surface area (Å²) in [5, 5.41) is 3.37. The van der Waals surface area contributed by atoms with Crippen LogP contribution in [0.5, 0.6) is 0 Å². The van der Waals surface area contributed by atoms with E-state index in [-0.39, 0.29) is 0 Å². The highest BCUT2D eigenvalue weighted by Gasteiger charge is 1.84. The molecule has 35 valence electrons. The van der Waals surface area contributed by atoms with Gasteiger partial charge in [-0.1, -0.05) is 11.7 Å². The van der Waals surface area contributed by atoms with E-state index in [4.69, 9.17) is 6.58 Å². The van der Waals surface area contributed by atoms with Crippen molar-refractivity contribution >= 4 is 6.08 Å². The smallest absolute Gasteiger partial charge is 0.214 e. The van der Waals surface area contributed by atoms with Crippen LogP contribution in [0.15, 0.2) is 10.9 Å². The Morgan fingerprint density at radius 1 is 1.86 bits per heavy atom. The lowest BCUT2D eigenvalue weighted by Gasteiger charge is -1.65. The Kier molecular flexibility index (Phi) is 0.898. The van der Waals surface area contributed by atoms with Crippen molar-refractivity contribution in [1.82, 2.24) is 10.1 Å². The summed E-state index contributed by atoms with van der Waals surface area (Å²) in [6.45, 7) is 4.98. The fourth-order valence-electron chi connectivity index (χ4n) is 0.252. The van der Waals surface area contributed by atoms with Crippen molar-refractivity contribution in [3.05, 3.63) is 18.8 Å². The summed E-state index contributed by atoms with van der Waals surface area (Å²) in [4.78, 5) is 3.58. The van der Waals surface area contributed by atoms with E-state index >= 15 is 0 Å². The van der Waals surface area contributed by atoms with Gasteiger partial charge in [0.25, 0.3) is 0 Å². The van der Waals surface area contributed by atoms with Gasteiger partial charge in [-0.2, -0.15) is 4.98 Å². The standard InChI is InChI=1S/C4H3N2O/c1-2-4-5-3-7-6-4/h1-3H. The van der Waals surface area contributed by atoms with E-state index in [0.29, 0.717) is 5.82 Å². The van der Waals surface area contributed by atoms with E-state index in [0.717, 1.165) is 0 Å². The van der Waals surface area contributed by atoms with E-state index in [1.54, 1.807) is 0 Å². The van der Waals surface area contributed by atoms with Gasteiger partial charge in [0.15, 0.2) is 5.82 Å². The fourth-order valence-corrected chi connectivity index (χ4v) is 0.252. The first kappa shape index (κ1) is 4.05. The normalized spacial score (nSPS) is 8.57. The van der Waals surface area contributed by atoms with E-state index < -0.39 is 0 Å². The molecular weight excluding hydrogens is 92.1 g/mol. The van der Waals surface area contributed by atoms with E-state index in [1.165, 1.54) is 12.5 Å². The lowest BCUT2D eigenvalue weighted by molar-refractivity contribution is 0.415. The number of rotatable bonds is 1. The molecule has 0 saturated heterocycles. The van der Waals surface area contributed by atoms with Gasteiger partial charge in [-0.15, -0.1) is 0 Å². The van der Waals surface area contributed by atoms with Crippen LogP contribution in [0.3, 0.4) is 0 Å². The van der Waals surface area contributed by atoms with Crippen LogP contribution in [0, 0.1) is 6.58 Å². The summed E-state index contributed by atoms with van der Waals surface area (Å²) in [6.07, 6.45) is 2.49.